The van der Waals surface area contributed by atoms with Crippen molar-refractivity contribution in [3.8, 4) is 11.5 Å². The Morgan fingerprint density at radius 3 is 2.90 bits per heavy atom. The number of likely N-dealkylation sites (N-methyl/N-ethyl adjacent to an activating group) is 1. The molecule has 1 atom stereocenters. The van der Waals surface area contributed by atoms with Crippen LogP contribution in [0, 0.1) is 0 Å². The third-order valence-electron chi connectivity index (χ3n) is 3.32. The predicted molar refractivity (Wildman–Crippen MR) is 78.6 cm³/mol. The van der Waals surface area contributed by atoms with Crippen molar-refractivity contribution < 1.29 is 14.2 Å². The van der Waals surface area contributed by atoms with Gasteiger partial charge in [-0.15, -0.1) is 0 Å². The molecule has 1 saturated heterocycles. The van der Waals surface area contributed by atoms with Gasteiger partial charge in [0.05, 0.1) is 19.8 Å². The summed E-state index contributed by atoms with van der Waals surface area (Å²) < 4.78 is 16.6. The van der Waals surface area contributed by atoms with Gasteiger partial charge in [0.25, 0.3) is 0 Å². The number of hydrogen-bond acceptors (Lipinski definition) is 5. The number of hydrogen-bond donors (Lipinski definition) is 1. The van der Waals surface area contributed by atoms with Crippen molar-refractivity contribution in [3.63, 3.8) is 0 Å². The van der Waals surface area contributed by atoms with Gasteiger partial charge in [0.1, 0.15) is 6.61 Å². The van der Waals surface area contributed by atoms with Crippen LogP contribution >= 0.6 is 0 Å². The molecule has 1 aromatic carbocycles. The SMILES string of the molecule is COc1ccccc1OCCNCC1CN(C)CCO1. The highest BCUT2D eigenvalue weighted by Gasteiger charge is 2.16. The number of ether oxygens (including phenoxy) is 3. The van der Waals surface area contributed by atoms with Gasteiger partial charge in [-0.05, 0) is 19.2 Å². The van der Waals surface area contributed by atoms with Crippen LogP contribution in [0.2, 0.25) is 0 Å². The summed E-state index contributed by atoms with van der Waals surface area (Å²) in [7, 11) is 3.78. The summed E-state index contributed by atoms with van der Waals surface area (Å²) in [6.07, 6.45) is 0.278. The molecule has 5 heteroatoms. The third-order valence-corrected chi connectivity index (χ3v) is 3.32. The number of methoxy groups -OCH3 is 1. The minimum Gasteiger partial charge on any atom is -0.493 e. The van der Waals surface area contributed by atoms with Crippen LogP contribution < -0.4 is 14.8 Å². The fourth-order valence-corrected chi connectivity index (χ4v) is 2.22. The fourth-order valence-electron chi connectivity index (χ4n) is 2.22. The predicted octanol–water partition coefficient (Wildman–Crippen LogP) is 0.994. The standard InChI is InChI=1S/C15H24N2O3/c1-17-8-10-19-13(12-17)11-16-7-9-20-15-6-4-3-5-14(15)18-2/h3-6,13,16H,7-12H2,1-2H3. The molecular formula is C15H24N2O3. The maximum Gasteiger partial charge on any atom is 0.161 e. The van der Waals surface area contributed by atoms with E-state index in [0.29, 0.717) is 6.61 Å². The molecule has 1 aromatic rings. The molecule has 2 rings (SSSR count). The minimum absolute atomic E-state index is 0.278. The smallest absolute Gasteiger partial charge is 0.161 e. The molecule has 0 aliphatic carbocycles. The van der Waals surface area contributed by atoms with E-state index in [0.717, 1.165) is 44.3 Å². The summed E-state index contributed by atoms with van der Waals surface area (Å²) in [5.41, 5.74) is 0. The molecule has 112 valence electrons. The molecule has 0 bridgehead atoms. The Labute approximate surface area is 120 Å². The van der Waals surface area contributed by atoms with E-state index in [1.807, 2.05) is 24.3 Å². The Bertz CT molecular complexity index is 400. The second-order valence-electron chi connectivity index (χ2n) is 4.96. The molecule has 0 radical (unpaired) electrons. The molecular weight excluding hydrogens is 256 g/mol. The van der Waals surface area contributed by atoms with E-state index in [1.165, 1.54) is 0 Å². The second kappa shape index (κ2) is 8.09. The normalized spacial score (nSPS) is 19.8. The Morgan fingerprint density at radius 2 is 2.15 bits per heavy atom. The third kappa shape index (κ3) is 4.67. The number of nitrogens with zero attached hydrogens (tertiary/aromatic N) is 1. The van der Waals surface area contributed by atoms with Gasteiger partial charge in [0, 0.05) is 26.2 Å². The van der Waals surface area contributed by atoms with Crippen molar-refractivity contribution in [3.05, 3.63) is 24.3 Å². The zero-order valence-electron chi connectivity index (χ0n) is 12.3. The van der Waals surface area contributed by atoms with E-state index in [2.05, 4.69) is 17.3 Å². The number of benzene rings is 1. The molecule has 0 aromatic heterocycles. The number of para-hydroxylation sites is 2. The van der Waals surface area contributed by atoms with Crippen molar-refractivity contribution in [2.24, 2.45) is 0 Å². The summed E-state index contributed by atoms with van der Waals surface area (Å²) in [5.74, 6) is 1.55. The van der Waals surface area contributed by atoms with E-state index in [4.69, 9.17) is 14.2 Å². The molecule has 1 N–H and O–H groups in total. The summed E-state index contributed by atoms with van der Waals surface area (Å²) in [6.45, 7) is 5.10. The van der Waals surface area contributed by atoms with Crippen LogP contribution in [0.5, 0.6) is 11.5 Å². The molecule has 20 heavy (non-hydrogen) atoms. The first-order valence-electron chi connectivity index (χ1n) is 7.06. The van der Waals surface area contributed by atoms with E-state index in [-0.39, 0.29) is 6.10 Å². The Balaban J connectivity index is 1.61. The van der Waals surface area contributed by atoms with Crippen molar-refractivity contribution in [1.82, 2.24) is 10.2 Å². The van der Waals surface area contributed by atoms with Crippen LogP contribution in [-0.4, -0.2) is 64.6 Å². The number of nitrogens with one attached hydrogen (secondary N) is 1. The van der Waals surface area contributed by atoms with Crippen molar-refractivity contribution in [2.75, 3.05) is 53.6 Å². The van der Waals surface area contributed by atoms with Gasteiger partial charge in [-0.1, -0.05) is 12.1 Å². The van der Waals surface area contributed by atoms with Crippen LogP contribution in [0.3, 0.4) is 0 Å². The molecule has 5 nitrogen and oxygen atoms in total. The average molecular weight is 280 g/mol. The molecule has 1 heterocycles. The minimum atomic E-state index is 0.278. The monoisotopic (exact) mass is 280 g/mol. The van der Waals surface area contributed by atoms with E-state index in [1.54, 1.807) is 7.11 Å². The van der Waals surface area contributed by atoms with Crippen LogP contribution in [0.25, 0.3) is 0 Å². The van der Waals surface area contributed by atoms with Crippen molar-refractivity contribution in [2.45, 2.75) is 6.10 Å². The highest BCUT2D eigenvalue weighted by atomic mass is 16.5. The topological polar surface area (TPSA) is 43.0 Å². The Morgan fingerprint density at radius 1 is 1.35 bits per heavy atom. The number of morpholine rings is 1. The molecule has 1 unspecified atom stereocenters. The van der Waals surface area contributed by atoms with Gasteiger partial charge in [-0.3, -0.25) is 0 Å². The Kier molecular flexibility index (Phi) is 6.11. The summed E-state index contributed by atoms with van der Waals surface area (Å²) in [6, 6.07) is 7.68. The lowest BCUT2D eigenvalue weighted by Gasteiger charge is -2.30. The lowest BCUT2D eigenvalue weighted by Crippen LogP contribution is -2.45. The first-order valence-corrected chi connectivity index (χ1v) is 7.06. The van der Waals surface area contributed by atoms with Crippen LogP contribution in [0.4, 0.5) is 0 Å². The zero-order valence-corrected chi connectivity index (χ0v) is 12.3. The fraction of sp³-hybridized carbons (Fsp3) is 0.600. The van der Waals surface area contributed by atoms with Crippen LogP contribution in [0.1, 0.15) is 0 Å². The van der Waals surface area contributed by atoms with Gasteiger partial charge < -0.3 is 24.4 Å². The molecule has 0 saturated carbocycles. The quantitative estimate of drug-likeness (QED) is 0.755. The first kappa shape index (κ1) is 15.1. The largest absolute Gasteiger partial charge is 0.493 e. The Hall–Kier alpha value is -1.30. The van der Waals surface area contributed by atoms with E-state index in [9.17, 15) is 0 Å². The molecule has 0 spiro atoms. The van der Waals surface area contributed by atoms with Crippen molar-refractivity contribution >= 4 is 0 Å². The summed E-state index contributed by atoms with van der Waals surface area (Å²) in [4.78, 5) is 2.29. The summed E-state index contributed by atoms with van der Waals surface area (Å²) in [5, 5.41) is 3.37. The van der Waals surface area contributed by atoms with Gasteiger partial charge >= 0.3 is 0 Å². The van der Waals surface area contributed by atoms with Gasteiger partial charge in [0.2, 0.25) is 0 Å². The van der Waals surface area contributed by atoms with Gasteiger partial charge in [-0.2, -0.15) is 0 Å². The molecule has 1 fully saturated rings. The van der Waals surface area contributed by atoms with Crippen molar-refractivity contribution in [1.29, 1.82) is 0 Å². The number of rotatable bonds is 7. The lowest BCUT2D eigenvalue weighted by molar-refractivity contribution is -0.0182. The maximum atomic E-state index is 5.70. The van der Waals surface area contributed by atoms with Crippen LogP contribution in [0.15, 0.2) is 24.3 Å². The highest BCUT2D eigenvalue weighted by Crippen LogP contribution is 2.25. The molecule has 1 aliphatic heterocycles. The highest BCUT2D eigenvalue weighted by molar-refractivity contribution is 5.39. The second-order valence-corrected chi connectivity index (χ2v) is 4.96. The van der Waals surface area contributed by atoms with Crippen LogP contribution in [-0.2, 0) is 4.74 Å². The van der Waals surface area contributed by atoms with E-state index >= 15 is 0 Å². The molecule has 0 amide bonds. The van der Waals surface area contributed by atoms with E-state index < -0.39 is 0 Å². The van der Waals surface area contributed by atoms with Gasteiger partial charge in [-0.25, -0.2) is 0 Å². The first-order chi connectivity index (χ1) is 9.79. The average Bonchev–Trinajstić information content (AvgIpc) is 2.47. The van der Waals surface area contributed by atoms with Gasteiger partial charge in [0.15, 0.2) is 11.5 Å². The lowest BCUT2D eigenvalue weighted by atomic mass is 10.3. The maximum absolute atomic E-state index is 5.70. The zero-order chi connectivity index (χ0) is 14.2. The molecule has 1 aliphatic rings. The summed E-state index contributed by atoms with van der Waals surface area (Å²) >= 11 is 0.